The minimum Gasteiger partial charge on any atom is -0.356 e. The first kappa shape index (κ1) is 17.6. The number of nitrogens with one attached hydrogen (secondary N) is 1. The van der Waals surface area contributed by atoms with Crippen molar-refractivity contribution in [2.45, 2.75) is 19.3 Å². The van der Waals surface area contributed by atoms with Crippen LogP contribution in [0.3, 0.4) is 0 Å². The minimum atomic E-state index is 0.0462. The van der Waals surface area contributed by atoms with Gasteiger partial charge in [0, 0.05) is 41.3 Å². The number of pyridine rings is 1. The van der Waals surface area contributed by atoms with Gasteiger partial charge in [-0.1, -0.05) is 23.7 Å². The monoisotopic (exact) mass is 371 g/mol. The maximum Gasteiger partial charge on any atom is 0.220 e. The van der Waals surface area contributed by atoms with Gasteiger partial charge < -0.3 is 5.32 Å². The van der Waals surface area contributed by atoms with Gasteiger partial charge in [-0.15, -0.1) is 11.3 Å². The van der Waals surface area contributed by atoms with Crippen LogP contribution in [0.2, 0.25) is 5.02 Å². The van der Waals surface area contributed by atoms with Crippen molar-refractivity contribution in [2.75, 3.05) is 6.54 Å². The fourth-order valence-electron chi connectivity index (χ4n) is 2.37. The van der Waals surface area contributed by atoms with E-state index in [-0.39, 0.29) is 5.91 Å². The Bertz CT molecular complexity index is 818. The molecule has 6 heteroatoms. The summed E-state index contributed by atoms with van der Waals surface area (Å²) in [6, 6.07) is 11.6. The lowest BCUT2D eigenvalue weighted by Crippen LogP contribution is -2.25. The van der Waals surface area contributed by atoms with Crippen LogP contribution >= 0.6 is 22.9 Å². The summed E-state index contributed by atoms with van der Waals surface area (Å²) < 4.78 is 0. The van der Waals surface area contributed by atoms with Gasteiger partial charge in [-0.3, -0.25) is 9.78 Å². The molecule has 3 aromatic rings. The van der Waals surface area contributed by atoms with E-state index in [1.165, 1.54) is 0 Å². The topological polar surface area (TPSA) is 54.9 Å². The SMILES string of the molecule is O=C(CCc1csc(-c2cccnc2)n1)NCCc1ccc(Cl)cc1. The molecule has 0 unspecified atom stereocenters. The molecule has 2 heterocycles. The third-order valence-corrected chi connectivity index (χ3v) is 4.91. The maximum absolute atomic E-state index is 12.0. The Balaban J connectivity index is 1.42. The quantitative estimate of drug-likeness (QED) is 0.678. The van der Waals surface area contributed by atoms with Crippen LogP contribution in [0.25, 0.3) is 10.6 Å². The Morgan fingerprint density at radius 1 is 1.16 bits per heavy atom. The summed E-state index contributed by atoms with van der Waals surface area (Å²) in [5, 5.41) is 6.61. The molecule has 1 N–H and O–H groups in total. The van der Waals surface area contributed by atoms with Gasteiger partial charge in [-0.05, 0) is 42.7 Å². The molecule has 0 atom stereocenters. The highest BCUT2D eigenvalue weighted by atomic mass is 35.5. The fourth-order valence-corrected chi connectivity index (χ4v) is 3.34. The molecule has 0 fully saturated rings. The molecule has 128 valence electrons. The first-order chi connectivity index (χ1) is 12.2. The Morgan fingerprint density at radius 3 is 2.76 bits per heavy atom. The van der Waals surface area contributed by atoms with Gasteiger partial charge in [0.05, 0.1) is 5.69 Å². The normalized spacial score (nSPS) is 10.6. The summed E-state index contributed by atoms with van der Waals surface area (Å²) in [4.78, 5) is 20.6. The molecule has 1 amide bonds. The van der Waals surface area contributed by atoms with Crippen molar-refractivity contribution in [1.82, 2.24) is 15.3 Å². The van der Waals surface area contributed by atoms with Gasteiger partial charge >= 0.3 is 0 Å². The van der Waals surface area contributed by atoms with Gasteiger partial charge in [-0.2, -0.15) is 0 Å². The molecule has 0 bridgehead atoms. The number of thiazole rings is 1. The fraction of sp³-hybridized carbons (Fsp3) is 0.211. The Morgan fingerprint density at radius 2 is 2.00 bits per heavy atom. The van der Waals surface area contributed by atoms with E-state index in [0.29, 0.717) is 19.4 Å². The molecule has 3 rings (SSSR count). The van der Waals surface area contributed by atoms with E-state index in [2.05, 4.69) is 15.3 Å². The number of hydrogen-bond donors (Lipinski definition) is 1. The van der Waals surface area contributed by atoms with Crippen molar-refractivity contribution in [3.63, 3.8) is 0 Å². The number of carbonyl (C=O) groups is 1. The zero-order valence-electron chi connectivity index (χ0n) is 13.6. The van der Waals surface area contributed by atoms with Gasteiger partial charge in [-0.25, -0.2) is 4.98 Å². The van der Waals surface area contributed by atoms with Gasteiger partial charge in [0.2, 0.25) is 5.91 Å². The average Bonchev–Trinajstić information content (AvgIpc) is 3.11. The van der Waals surface area contributed by atoms with E-state index in [1.54, 1.807) is 23.7 Å². The number of halogens is 1. The number of carbonyl (C=O) groups excluding carboxylic acids is 1. The highest BCUT2D eigenvalue weighted by Crippen LogP contribution is 2.23. The van der Waals surface area contributed by atoms with E-state index < -0.39 is 0 Å². The summed E-state index contributed by atoms with van der Waals surface area (Å²) in [6.07, 6.45) is 5.42. The average molecular weight is 372 g/mol. The number of nitrogens with zero attached hydrogens (tertiary/aromatic N) is 2. The van der Waals surface area contributed by atoms with Crippen LogP contribution in [-0.2, 0) is 17.6 Å². The Labute approximate surface area is 155 Å². The molecule has 25 heavy (non-hydrogen) atoms. The highest BCUT2D eigenvalue weighted by molar-refractivity contribution is 7.13. The van der Waals surface area contributed by atoms with Gasteiger partial charge in [0.25, 0.3) is 0 Å². The van der Waals surface area contributed by atoms with Crippen LogP contribution in [-0.4, -0.2) is 22.4 Å². The number of hydrogen-bond acceptors (Lipinski definition) is 4. The van der Waals surface area contributed by atoms with E-state index in [4.69, 9.17) is 11.6 Å². The largest absolute Gasteiger partial charge is 0.356 e. The molecular weight excluding hydrogens is 354 g/mol. The van der Waals surface area contributed by atoms with Crippen molar-refractivity contribution in [3.8, 4) is 10.6 Å². The number of aryl methyl sites for hydroxylation is 1. The van der Waals surface area contributed by atoms with Crippen LogP contribution < -0.4 is 5.32 Å². The zero-order chi connectivity index (χ0) is 17.5. The zero-order valence-corrected chi connectivity index (χ0v) is 15.2. The lowest BCUT2D eigenvalue weighted by Gasteiger charge is -2.05. The van der Waals surface area contributed by atoms with Crippen LogP contribution in [0.15, 0.2) is 54.2 Å². The maximum atomic E-state index is 12.0. The number of aromatic nitrogens is 2. The Hall–Kier alpha value is -2.24. The molecule has 2 aromatic heterocycles. The second-order valence-corrected chi connectivity index (χ2v) is 6.91. The van der Waals surface area contributed by atoms with Crippen molar-refractivity contribution in [2.24, 2.45) is 0 Å². The molecule has 0 radical (unpaired) electrons. The molecule has 4 nitrogen and oxygen atoms in total. The van der Waals surface area contributed by atoms with Crippen LogP contribution in [0.5, 0.6) is 0 Å². The second kappa shape index (κ2) is 8.74. The lowest BCUT2D eigenvalue weighted by molar-refractivity contribution is -0.121. The number of benzene rings is 1. The van der Waals surface area contributed by atoms with Crippen molar-refractivity contribution < 1.29 is 4.79 Å². The van der Waals surface area contributed by atoms with E-state index in [9.17, 15) is 4.79 Å². The summed E-state index contributed by atoms with van der Waals surface area (Å²) >= 11 is 7.44. The summed E-state index contributed by atoms with van der Waals surface area (Å²) in [5.41, 5.74) is 3.10. The first-order valence-corrected chi connectivity index (χ1v) is 9.32. The second-order valence-electron chi connectivity index (χ2n) is 5.61. The molecule has 0 saturated heterocycles. The lowest BCUT2D eigenvalue weighted by atomic mass is 10.1. The van der Waals surface area contributed by atoms with Crippen LogP contribution in [0.1, 0.15) is 17.7 Å². The number of rotatable bonds is 7. The van der Waals surface area contributed by atoms with E-state index >= 15 is 0 Å². The molecule has 0 saturated carbocycles. The van der Waals surface area contributed by atoms with Crippen LogP contribution in [0, 0.1) is 0 Å². The standard InChI is InChI=1S/C19H18ClN3OS/c20-16-5-3-14(4-6-16)9-11-22-18(24)8-7-17-13-25-19(23-17)15-2-1-10-21-12-15/h1-6,10,12-13H,7-9,11H2,(H,22,24). The summed E-state index contributed by atoms with van der Waals surface area (Å²) in [6.45, 7) is 0.623. The molecule has 0 aliphatic rings. The highest BCUT2D eigenvalue weighted by Gasteiger charge is 2.07. The molecule has 0 spiro atoms. The third kappa shape index (κ3) is 5.37. The molecular formula is C19H18ClN3OS. The first-order valence-electron chi connectivity index (χ1n) is 8.06. The van der Waals surface area contributed by atoms with Crippen molar-refractivity contribution in [1.29, 1.82) is 0 Å². The summed E-state index contributed by atoms with van der Waals surface area (Å²) in [7, 11) is 0. The Kier molecular flexibility index (Phi) is 6.14. The smallest absolute Gasteiger partial charge is 0.220 e. The van der Waals surface area contributed by atoms with Gasteiger partial charge in [0.1, 0.15) is 5.01 Å². The molecule has 0 aliphatic heterocycles. The summed E-state index contributed by atoms with van der Waals surface area (Å²) in [5.74, 6) is 0.0462. The van der Waals surface area contributed by atoms with Crippen molar-refractivity contribution >= 4 is 28.8 Å². The minimum absolute atomic E-state index is 0.0462. The molecule has 1 aromatic carbocycles. The third-order valence-electron chi connectivity index (χ3n) is 3.72. The predicted molar refractivity (Wildman–Crippen MR) is 102 cm³/mol. The van der Waals surface area contributed by atoms with Gasteiger partial charge in [0.15, 0.2) is 0 Å². The number of amides is 1. The van der Waals surface area contributed by atoms with Crippen molar-refractivity contribution in [3.05, 3.63) is 70.5 Å². The van der Waals surface area contributed by atoms with E-state index in [1.807, 2.05) is 41.8 Å². The van der Waals surface area contributed by atoms with Crippen LogP contribution in [0.4, 0.5) is 0 Å². The predicted octanol–water partition coefficient (Wildman–Crippen LogP) is 4.15. The van der Waals surface area contributed by atoms with E-state index in [0.717, 1.165) is 33.3 Å². The molecule has 0 aliphatic carbocycles.